The maximum absolute atomic E-state index is 14.1. The minimum atomic E-state index is -4.49. The van der Waals surface area contributed by atoms with Crippen LogP contribution in [-0.2, 0) is 37.6 Å². The number of rotatable bonds is 9. The van der Waals surface area contributed by atoms with Gasteiger partial charge in [0.05, 0.1) is 23.9 Å². The van der Waals surface area contributed by atoms with Gasteiger partial charge in [0, 0.05) is 0 Å². The number of benzene rings is 2. The standard InChI is InChI=1S/C23H25F3NO4P/c1-3-21(27)16-22(21,20(28)30-14-17-8-6-5-7-9-17)32(29,31-4-2)15-18-10-12-19(13-11-18)23(24,25)26/h3,5-13H,1,4,14-16,27H2,2H3. The molecule has 3 atom stereocenters. The van der Waals surface area contributed by atoms with Gasteiger partial charge in [-0.25, -0.2) is 0 Å². The number of esters is 1. The number of nitrogens with two attached hydrogens (primary N) is 1. The van der Waals surface area contributed by atoms with Crippen molar-refractivity contribution in [2.45, 2.75) is 43.0 Å². The molecular weight excluding hydrogens is 442 g/mol. The lowest BCUT2D eigenvalue weighted by Crippen LogP contribution is -2.41. The SMILES string of the molecule is C=CC1(N)CC1(C(=O)OCc1ccccc1)P(=O)(Cc1ccc(C(F)(F)F)cc1)OCC. The van der Waals surface area contributed by atoms with E-state index in [-0.39, 0.29) is 25.8 Å². The average molecular weight is 467 g/mol. The molecule has 0 saturated heterocycles. The van der Waals surface area contributed by atoms with E-state index in [0.717, 1.165) is 17.7 Å². The normalized spacial score (nSPS) is 24.4. The number of hydrogen-bond acceptors (Lipinski definition) is 5. The lowest BCUT2D eigenvalue weighted by molar-refractivity contribution is -0.146. The second kappa shape index (κ2) is 8.85. The number of ether oxygens (including phenoxy) is 1. The van der Waals surface area contributed by atoms with Crippen molar-refractivity contribution in [3.05, 3.63) is 83.9 Å². The lowest BCUT2D eigenvalue weighted by atomic mass is 10.1. The Morgan fingerprint density at radius 2 is 1.78 bits per heavy atom. The highest BCUT2D eigenvalue weighted by Crippen LogP contribution is 2.76. The maximum atomic E-state index is 14.1. The molecule has 0 heterocycles. The molecule has 0 spiro atoms. The highest BCUT2D eigenvalue weighted by atomic mass is 31.2. The van der Waals surface area contributed by atoms with Crippen molar-refractivity contribution >= 4 is 13.3 Å². The summed E-state index contributed by atoms with van der Waals surface area (Å²) in [6, 6.07) is 13.2. The summed E-state index contributed by atoms with van der Waals surface area (Å²) in [4.78, 5) is 13.2. The molecule has 9 heteroatoms. The molecule has 32 heavy (non-hydrogen) atoms. The van der Waals surface area contributed by atoms with Gasteiger partial charge in [-0.2, -0.15) is 13.2 Å². The summed E-state index contributed by atoms with van der Waals surface area (Å²) < 4.78 is 63.9. The Hall–Kier alpha value is -2.41. The Morgan fingerprint density at radius 3 is 2.28 bits per heavy atom. The molecule has 0 aliphatic heterocycles. The van der Waals surface area contributed by atoms with Crippen LogP contribution < -0.4 is 5.73 Å². The third-order valence-electron chi connectivity index (χ3n) is 5.70. The average Bonchev–Trinajstić information content (AvgIpc) is 3.41. The van der Waals surface area contributed by atoms with Crippen molar-refractivity contribution in [1.29, 1.82) is 0 Å². The molecule has 1 aliphatic rings. The van der Waals surface area contributed by atoms with Crippen LogP contribution in [0.25, 0.3) is 0 Å². The van der Waals surface area contributed by atoms with Crippen LogP contribution in [0.4, 0.5) is 13.2 Å². The summed E-state index contributed by atoms with van der Waals surface area (Å²) in [6.45, 7) is 5.28. The Balaban J connectivity index is 1.91. The first kappa shape index (κ1) is 24.2. The van der Waals surface area contributed by atoms with Crippen LogP contribution in [0.1, 0.15) is 30.0 Å². The summed E-state index contributed by atoms with van der Waals surface area (Å²) in [6.07, 6.45) is -3.38. The number of alkyl halides is 3. The molecule has 0 aromatic heterocycles. The quantitative estimate of drug-likeness (QED) is 0.308. The van der Waals surface area contributed by atoms with Gasteiger partial charge >= 0.3 is 12.1 Å². The van der Waals surface area contributed by atoms with Crippen LogP contribution in [0.5, 0.6) is 0 Å². The lowest BCUT2D eigenvalue weighted by Gasteiger charge is -2.29. The van der Waals surface area contributed by atoms with E-state index in [1.807, 2.05) is 6.07 Å². The molecule has 3 rings (SSSR count). The molecule has 0 bridgehead atoms. The first-order chi connectivity index (χ1) is 15.0. The van der Waals surface area contributed by atoms with Crippen molar-refractivity contribution in [3.63, 3.8) is 0 Å². The van der Waals surface area contributed by atoms with Crippen LogP contribution >= 0.6 is 7.37 Å². The van der Waals surface area contributed by atoms with E-state index >= 15 is 0 Å². The molecule has 0 amide bonds. The van der Waals surface area contributed by atoms with Gasteiger partial charge < -0.3 is 15.0 Å². The van der Waals surface area contributed by atoms with Gasteiger partial charge in [-0.05, 0) is 36.6 Å². The van der Waals surface area contributed by atoms with E-state index < -0.39 is 35.8 Å². The third-order valence-corrected chi connectivity index (χ3v) is 9.08. The van der Waals surface area contributed by atoms with Crippen molar-refractivity contribution in [2.75, 3.05) is 6.61 Å². The van der Waals surface area contributed by atoms with Gasteiger partial charge in [-0.1, -0.05) is 48.5 Å². The summed E-state index contributed by atoms with van der Waals surface area (Å²) in [5.41, 5.74) is 5.27. The molecule has 2 N–H and O–H groups in total. The van der Waals surface area contributed by atoms with Crippen LogP contribution in [0.15, 0.2) is 67.3 Å². The van der Waals surface area contributed by atoms with E-state index in [1.165, 1.54) is 18.2 Å². The zero-order valence-corrected chi connectivity index (χ0v) is 18.5. The second-order valence-corrected chi connectivity index (χ2v) is 10.5. The maximum Gasteiger partial charge on any atom is 0.416 e. The fraction of sp³-hybridized carbons (Fsp3) is 0.348. The molecule has 1 aliphatic carbocycles. The first-order valence-electron chi connectivity index (χ1n) is 10.0. The van der Waals surface area contributed by atoms with E-state index in [4.69, 9.17) is 15.0 Å². The fourth-order valence-electron chi connectivity index (χ4n) is 3.84. The van der Waals surface area contributed by atoms with Crippen molar-refractivity contribution in [3.8, 4) is 0 Å². The highest BCUT2D eigenvalue weighted by Gasteiger charge is 2.79. The zero-order valence-electron chi connectivity index (χ0n) is 17.6. The van der Waals surface area contributed by atoms with Gasteiger partial charge in [0.2, 0.25) is 7.37 Å². The van der Waals surface area contributed by atoms with Crippen molar-refractivity contribution < 1.29 is 31.8 Å². The van der Waals surface area contributed by atoms with E-state index in [1.54, 1.807) is 31.2 Å². The minimum Gasteiger partial charge on any atom is -0.460 e. The number of carbonyl (C=O) groups is 1. The molecular formula is C23H25F3NO4P. The van der Waals surface area contributed by atoms with E-state index in [0.29, 0.717) is 5.56 Å². The topological polar surface area (TPSA) is 78.6 Å². The largest absolute Gasteiger partial charge is 0.460 e. The molecule has 5 nitrogen and oxygen atoms in total. The molecule has 2 aromatic carbocycles. The Kier molecular flexibility index (Phi) is 6.70. The van der Waals surface area contributed by atoms with Gasteiger partial charge in [0.15, 0.2) is 5.16 Å². The fourth-order valence-corrected chi connectivity index (χ4v) is 7.10. The molecule has 1 fully saturated rings. The van der Waals surface area contributed by atoms with Crippen LogP contribution in [0, 0.1) is 0 Å². The molecule has 2 aromatic rings. The Labute approximate surface area is 184 Å². The minimum absolute atomic E-state index is 0.00896. The van der Waals surface area contributed by atoms with Crippen LogP contribution in [-0.4, -0.2) is 23.3 Å². The summed E-state index contributed by atoms with van der Waals surface area (Å²) in [5, 5.41) is -1.66. The van der Waals surface area contributed by atoms with Gasteiger partial charge in [0.25, 0.3) is 0 Å². The summed E-state index contributed by atoms with van der Waals surface area (Å²) in [5.74, 6) is -0.771. The van der Waals surface area contributed by atoms with E-state index in [2.05, 4.69) is 6.58 Å². The second-order valence-electron chi connectivity index (χ2n) is 7.79. The van der Waals surface area contributed by atoms with E-state index in [9.17, 15) is 22.5 Å². The predicted molar refractivity (Wildman–Crippen MR) is 115 cm³/mol. The van der Waals surface area contributed by atoms with Crippen molar-refractivity contribution in [1.82, 2.24) is 0 Å². The number of halogens is 3. The van der Waals surface area contributed by atoms with Crippen LogP contribution in [0.2, 0.25) is 0 Å². The summed E-state index contributed by atoms with van der Waals surface area (Å²) >= 11 is 0. The molecule has 172 valence electrons. The van der Waals surface area contributed by atoms with Gasteiger partial charge in [0.1, 0.15) is 6.61 Å². The Morgan fingerprint density at radius 1 is 1.16 bits per heavy atom. The van der Waals surface area contributed by atoms with Crippen molar-refractivity contribution in [2.24, 2.45) is 5.73 Å². The molecule has 0 radical (unpaired) electrons. The Bertz CT molecular complexity index is 1030. The third kappa shape index (κ3) is 4.40. The van der Waals surface area contributed by atoms with Gasteiger partial charge in [-0.3, -0.25) is 9.36 Å². The molecule has 3 unspecified atom stereocenters. The molecule has 1 saturated carbocycles. The number of hydrogen-bond donors (Lipinski definition) is 1. The van der Waals surface area contributed by atoms with Crippen LogP contribution in [0.3, 0.4) is 0 Å². The predicted octanol–water partition coefficient (Wildman–Crippen LogP) is 5.29. The monoisotopic (exact) mass is 467 g/mol. The zero-order chi connectivity index (χ0) is 23.6. The smallest absolute Gasteiger partial charge is 0.416 e. The highest BCUT2D eigenvalue weighted by molar-refractivity contribution is 7.61. The van der Waals surface area contributed by atoms with Gasteiger partial charge in [-0.15, -0.1) is 6.58 Å². The number of carbonyl (C=O) groups excluding carboxylic acids is 1. The first-order valence-corrected chi connectivity index (χ1v) is 11.9. The summed E-state index contributed by atoms with van der Waals surface area (Å²) in [7, 11) is -3.86.